The van der Waals surface area contributed by atoms with Gasteiger partial charge in [-0.15, -0.1) is 0 Å². The van der Waals surface area contributed by atoms with Crippen LogP contribution in [0.4, 0.5) is 5.69 Å². The van der Waals surface area contributed by atoms with Crippen molar-refractivity contribution in [2.75, 3.05) is 11.9 Å². The van der Waals surface area contributed by atoms with Crippen molar-refractivity contribution >= 4 is 23.2 Å². The molecule has 0 aromatic heterocycles. The third-order valence-electron chi connectivity index (χ3n) is 2.47. The summed E-state index contributed by atoms with van der Waals surface area (Å²) in [7, 11) is 0. The second-order valence-corrected chi connectivity index (χ2v) is 4.08. The Morgan fingerprint density at radius 3 is 3.07 bits per heavy atom. The van der Waals surface area contributed by atoms with E-state index in [1.165, 1.54) is 0 Å². The minimum absolute atomic E-state index is 0.0229. The van der Waals surface area contributed by atoms with Crippen LogP contribution >= 0.6 is 11.6 Å². The van der Waals surface area contributed by atoms with Gasteiger partial charge in [0.1, 0.15) is 0 Å². The molecule has 1 unspecified atom stereocenters. The van der Waals surface area contributed by atoms with Crippen molar-refractivity contribution in [3.05, 3.63) is 29.3 Å². The third-order valence-corrected chi connectivity index (χ3v) is 2.70. The summed E-state index contributed by atoms with van der Waals surface area (Å²) in [6.07, 6.45) is 1.97. The molecule has 1 aromatic carbocycles. The fourth-order valence-electron chi connectivity index (χ4n) is 1.70. The molecule has 0 saturated carbocycles. The van der Waals surface area contributed by atoms with E-state index in [0.29, 0.717) is 5.02 Å². The Morgan fingerprint density at radius 2 is 2.40 bits per heavy atom. The normalized spacial score (nSPS) is 20.2. The zero-order chi connectivity index (χ0) is 10.7. The van der Waals surface area contributed by atoms with E-state index < -0.39 is 0 Å². The van der Waals surface area contributed by atoms with Crippen LogP contribution < -0.4 is 10.6 Å². The highest BCUT2D eigenvalue weighted by Gasteiger charge is 2.21. The summed E-state index contributed by atoms with van der Waals surface area (Å²) in [4.78, 5) is 11.7. The lowest BCUT2D eigenvalue weighted by Crippen LogP contribution is -2.35. The lowest BCUT2D eigenvalue weighted by molar-refractivity contribution is -0.117. The minimum Gasteiger partial charge on any atom is -0.325 e. The van der Waals surface area contributed by atoms with Crippen LogP contribution in [0.5, 0.6) is 0 Å². The first-order chi connectivity index (χ1) is 7.25. The minimum atomic E-state index is -0.0519. The van der Waals surface area contributed by atoms with Crippen molar-refractivity contribution in [1.82, 2.24) is 5.32 Å². The number of benzene rings is 1. The molecule has 1 heterocycles. The Kier molecular flexibility index (Phi) is 3.23. The van der Waals surface area contributed by atoms with E-state index in [9.17, 15) is 4.79 Å². The van der Waals surface area contributed by atoms with Crippen LogP contribution in [0, 0.1) is 0 Å². The average Bonchev–Trinajstić information content (AvgIpc) is 2.70. The molecule has 0 spiro atoms. The summed E-state index contributed by atoms with van der Waals surface area (Å²) in [6, 6.07) is 7.13. The smallest absolute Gasteiger partial charge is 0.241 e. The van der Waals surface area contributed by atoms with Crippen LogP contribution in [0.2, 0.25) is 5.02 Å². The van der Waals surface area contributed by atoms with Crippen LogP contribution in [0.15, 0.2) is 24.3 Å². The van der Waals surface area contributed by atoms with Gasteiger partial charge in [-0.3, -0.25) is 4.79 Å². The quantitative estimate of drug-likeness (QED) is 0.807. The highest BCUT2D eigenvalue weighted by atomic mass is 35.5. The first kappa shape index (κ1) is 10.5. The summed E-state index contributed by atoms with van der Waals surface area (Å²) >= 11 is 5.82. The first-order valence-corrected chi connectivity index (χ1v) is 5.43. The van der Waals surface area contributed by atoms with Crippen LogP contribution in [0.3, 0.4) is 0 Å². The number of amides is 1. The van der Waals surface area contributed by atoms with Crippen molar-refractivity contribution < 1.29 is 4.79 Å². The van der Waals surface area contributed by atoms with Gasteiger partial charge in [0.25, 0.3) is 0 Å². The Hall–Kier alpha value is -1.06. The summed E-state index contributed by atoms with van der Waals surface area (Å²) in [5.41, 5.74) is 0.751. The molecule has 1 fully saturated rings. The van der Waals surface area contributed by atoms with Crippen molar-refractivity contribution in [2.24, 2.45) is 0 Å². The Labute approximate surface area is 93.8 Å². The number of anilines is 1. The van der Waals surface area contributed by atoms with Crippen molar-refractivity contribution in [1.29, 1.82) is 0 Å². The lowest BCUT2D eigenvalue weighted by atomic mass is 10.2. The lowest BCUT2D eigenvalue weighted by Gasteiger charge is -2.10. The summed E-state index contributed by atoms with van der Waals surface area (Å²) in [5, 5.41) is 6.62. The number of rotatable bonds is 2. The Bertz CT molecular complexity index is 361. The third kappa shape index (κ3) is 2.70. The topological polar surface area (TPSA) is 41.1 Å². The van der Waals surface area contributed by atoms with Crippen LogP contribution in [-0.4, -0.2) is 18.5 Å². The van der Waals surface area contributed by atoms with Crippen molar-refractivity contribution in [3.8, 4) is 0 Å². The number of nitrogens with one attached hydrogen (secondary N) is 2. The standard InChI is InChI=1S/C11H13ClN2O/c12-8-3-1-4-9(7-8)14-11(15)10-5-2-6-13-10/h1,3-4,7,10,13H,2,5-6H2,(H,14,15). The zero-order valence-electron chi connectivity index (χ0n) is 8.29. The van der Waals surface area contributed by atoms with Gasteiger partial charge in [0.05, 0.1) is 6.04 Å². The molecule has 1 saturated heterocycles. The van der Waals surface area contributed by atoms with E-state index in [0.717, 1.165) is 25.1 Å². The fourth-order valence-corrected chi connectivity index (χ4v) is 1.89. The second kappa shape index (κ2) is 4.64. The molecule has 2 N–H and O–H groups in total. The van der Waals surface area contributed by atoms with Crippen molar-refractivity contribution in [3.63, 3.8) is 0 Å². The molecule has 80 valence electrons. The number of carbonyl (C=O) groups is 1. The maximum atomic E-state index is 11.7. The SMILES string of the molecule is O=C(Nc1cccc(Cl)c1)C1CCCN1. The van der Waals surface area contributed by atoms with Gasteiger partial charge in [0, 0.05) is 10.7 Å². The Morgan fingerprint density at radius 1 is 1.53 bits per heavy atom. The number of carbonyl (C=O) groups excluding carboxylic acids is 1. The zero-order valence-corrected chi connectivity index (χ0v) is 9.05. The van der Waals surface area contributed by atoms with Crippen molar-refractivity contribution in [2.45, 2.75) is 18.9 Å². The molecule has 0 bridgehead atoms. The predicted octanol–water partition coefficient (Wildman–Crippen LogP) is 2.03. The van der Waals surface area contributed by atoms with Gasteiger partial charge in [-0.25, -0.2) is 0 Å². The van der Waals surface area contributed by atoms with E-state index in [1.54, 1.807) is 12.1 Å². The summed E-state index contributed by atoms with van der Waals surface area (Å²) in [5.74, 6) is 0.0229. The van der Waals surface area contributed by atoms with Gasteiger partial charge in [0.2, 0.25) is 5.91 Å². The molecular weight excluding hydrogens is 212 g/mol. The average molecular weight is 225 g/mol. The van der Waals surface area contributed by atoms with Gasteiger partial charge >= 0.3 is 0 Å². The van der Waals surface area contributed by atoms with Crippen LogP contribution in [0.25, 0.3) is 0 Å². The molecule has 1 aromatic rings. The summed E-state index contributed by atoms with van der Waals surface area (Å²) in [6.45, 7) is 0.924. The van der Waals surface area contributed by atoms with Gasteiger partial charge in [-0.1, -0.05) is 17.7 Å². The first-order valence-electron chi connectivity index (χ1n) is 5.05. The van der Waals surface area contributed by atoms with Gasteiger partial charge in [-0.05, 0) is 37.6 Å². The summed E-state index contributed by atoms with van der Waals surface area (Å²) < 4.78 is 0. The maximum absolute atomic E-state index is 11.7. The highest BCUT2D eigenvalue weighted by molar-refractivity contribution is 6.30. The number of hydrogen-bond donors (Lipinski definition) is 2. The molecule has 3 nitrogen and oxygen atoms in total. The molecule has 1 amide bonds. The molecule has 1 aliphatic rings. The molecule has 15 heavy (non-hydrogen) atoms. The monoisotopic (exact) mass is 224 g/mol. The molecule has 1 aliphatic heterocycles. The highest BCUT2D eigenvalue weighted by Crippen LogP contribution is 2.16. The van der Waals surface area contributed by atoms with Crippen LogP contribution in [-0.2, 0) is 4.79 Å². The molecule has 1 atom stereocenters. The fraction of sp³-hybridized carbons (Fsp3) is 0.364. The molecule has 4 heteroatoms. The second-order valence-electron chi connectivity index (χ2n) is 3.65. The van der Waals surface area contributed by atoms with E-state index >= 15 is 0 Å². The van der Waals surface area contributed by atoms with E-state index in [2.05, 4.69) is 10.6 Å². The molecule has 0 radical (unpaired) electrons. The molecular formula is C11H13ClN2O. The van der Waals surface area contributed by atoms with Gasteiger partial charge in [0.15, 0.2) is 0 Å². The maximum Gasteiger partial charge on any atom is 0.241 e. The number of halogens is 1. The van der Waals surface area contributed by atoms with E-state index in [1.807, 2.05) is 12.1 Å². The largest absolute Gasteiger partial charge is 0.325 e. The van der Waals surface area contributed by atoms with E-state index in [-0.39, 0.29) is 11.9 Å². The van der Waals surface area contributed by atoms with Crippen LogP contribution in [0.1, 0.15) is 12.8 Å². The predicted molar refractivity (Wildman–Crippen MR) is 61.1 cm³/mol. The Balaban J connectivity index is 1.99. The van der Waals surface area contributed by atoms with Gasteiger partial charge < -0.3 is 10.6 Å². The molecule has 2 rings (SSSR count). The number of hydrogen-bond acceptors (Lipinski definition) is 2. The van der Waals surface area contributed by atoms with E-state index in [4.69, 9.17) is 11.6 Å². The van der Waals surface area contributed by atoms with Gasteiger partial charge in [-0.2, -0.15) is 0 Å². The molecule has 0 aliphatic carbocycles.